The lowest BCUT2D eigenvalue weighted by atomic mass is 9.98. The van der Waals surface area contributed by atoms with Crippen molar-refractivity contribution in [3.8, 4) is 11.5 Å². The van der Waals surface area contributed by atoms with Crippen LogP contribution in [0.1, 0.15) is 197 Å². The predicted molar refractivity (Wildman–Crippen MR) is 214 cm³/mol. The minimum atomic E-state index is -0.283. The van der Waals surface area contributed by atoms with Gasteiger partial charge in [-0.2, -0.15) is 0 Å². The molecule has 0 bridgehead atoms. The van der Waals surface area contributed by atoms with E-state index in [-0.39, 0.29) is 19.2 Å². The monoisotopic (exact) mass is 720 g/mol. The van der Waals surface area contributed by atoms with Gasteiger partial charge in [0.1, 0.15) is 23.7 Å². The van der Waals surface area contributed by atoms with Crippen LogP contribution in [0.5, 0.6) is 11.5 Å². The highest BCUT2D eigenvalue weighted by Gasteiger charge is 2.22. The van der Waals surface area contributed by atoms with E-state index in [1.54, 1.807) is 0 Å². The number of esters is 1. The number of unbranched alkanes of at least 4 members (excludes halogenated alkanes) is 22. The molecular formula is C44H81NO6. The van der Waals surface area contributed by atoms with Crippen LogP contribution in [0.15, 0.2) is 12.1 Å². The molecule has 1 aromatic carbocycles. The Hall–Kier alpha value is -1.83. The van der Waals surface area contributed by atoms with Crippen LogP contribution in [0, 0.1) is 0 Å². The van der Waals surface area contributed by atoms with E-state index in [1.165, 1.54) is 122 Å². The Morgan fingerprint density at radius 1 is 0.529 bits per heavy atom. The van der Waals surface area contributed by atoms with Crippen molar-refractivity contribution < 1.29 is 29.2 Å². The number of hydrogen-bond acceptors (Lipinski definition) is 7. The number of aryl methyl sites for hydroxylation is 1. The molecule has 7 heteroatoms. The molecule has 0 atom stereocenters. The SMILES string of the molecule is CCCCCCCCCCCCCCCc1cc(OCCN(CCO)CCO)cc(OCCCCCCCC)c1C(=O)OCCCCCCCC. The molecular weight excluding hydrogens is 638 g/mol. The van der Waals surface area contributed by atoms with Crippen LogP contribution in [0.25, 0.3) is 0 Å². The molecule has 0 saturated carbocycles. The molecule has 7 nitrogen and oxygen atoms in total. The Labute approximate surface area is 314 Å². The molecule has 0 aliphatic carbocycles. The summed E-state index contributed by atoms with van der Waals surface area (Å²) in [6.07, 6.45) is 31.6. The summed E-state index contributed by atoms with van der Waals surface area (Å²) in [5.74, 6) is 0.981. The van der Waals surface area contributed by atoms with Crippen molar-refractivity contribution in [2.45, 2.75) is 188 Å². The second kappa shape index (κ2) is 35.2. The molecule has 298 valence electrons. The van der Waals surface area contributed by atoms with Crippen molar-refractivity contribution in [2.75, 3.05) is 52.7 Å². The maximum Gasteiger partial charge on any atom is 0.342 e. The Balaban J connectivity index is 2.94. The van der Waals surface area contributed by atoms with Crippen LogP contribution in [0.2, 0.25) is 0 Å². The zero-order chi connectivity index (χ0) is 37.0. The summed E-state index contributed by atoms with van der Waals surface area (Å²) in [5, 5.41) is 18.8. The van der Waals surface area contributed by atoms with Crippen molar-refractivity contribution in [3.05, 3.63) is 23.3 Å². The van der Waals surface area contributed by atoms with Crippen molar-refractivity contribution in [1.82, 2.24) is 4.90 Å². The minimum absolute atomic E-state index is 0.0370. The fraction of sp³-hybridized carbons (Fsp3) is 0.841. The van der Waals surface area contributed by atoms with Gasteiger partial charge in [0.25, 0.3) is 0 Å². The largest absolute Gasteiger partial charge is 0.493 e. The molecule has 1 aromatic rings. The standard InChI is InChI=1S/C44H81NO6/c1-4-7-10-13-16-17-18-19-20-21-22-23-26-29-40-38-41(49-37-32-45(30-33-46)31-34-47)39-42(50-35-27-24-14-11-8-5-2)43(40)44(48)51-36-28-25-15-12-9-6-3/h38-39,46-47H,4-37H2,1-3H3. The Morgan fingerprint density at radius 2 is 0.980 bits per heavy atom. The molecule has 0 unspecified atom stereocenters. The van der Waals surface area contributed by atoms with Gasteiger partial charge in [0.05, 0.1) is 26.4 Å². The lowest BCUT2D eigenvalue weighted by molar-refractivity contribution is 0.0491. The van der Waals surface area contributed by atoms with Gasteiger partial charge in [0, 0.05) is 25.7 Å². The quantitative estimate of drug-likeness (QED) is 0.0519. The van der Waals surface area contributed by atoms with Crippen LogP contribution >= 0.6 is 0 Å². The summed E-state index contributed by atoms with van der Waals surface area (Å²) in [6.45, 7) is 9.79. The number of benzene rings is 1. The molecule has 51 heavy (non-hydrogen) atoms. The molecule has 1 rings (SSSR count). The summed E-state index contributed by atoms with van der Waals surface area (Å²) in [4.78, 5) is 15.7. The highest BCUT2D eigenvalue weighted by Crippen LogP contribution is 2.32. The zero-order valence-corrected chi connectivity index (χ0v) is 33.7. The van der Waals surface area contributed by atoms with Gasteiger partial charge in [-0.3, -0.25) is 4.90 Å². The first-order chi connectivity index (χ1) is 25.1. The van der Waals surface area contributed by atoms with E-state index >= 15 is 0 Å². The fourth-order valence-electron chi connectivity index (χ4n) is 6.70. The van der Waals surface area contributed by atoms with Crippen LogP contribution in [0.3, 0.4) is 0 Å². The average molecular weight is 720 g/mol. The first-order valence-electron chi connectivity index (χ1n) is 21.6. The third kappa shape index (κ3) is 25.7. The lowest BCUT2D eigenvalue weighted by Crippen LogP contribution is -2.33. The van der Waals surface area contributed by atoms with E-state index in [0.29, 0.717) is 56.5 Å². The fourth-order valence-corrected chi connectivity index (χ4v) is 6.70. The summed E-state index contributed by atoms with van der Waals surface area (Å²) in [5.41, 5.74) is 1.52. The van der Waals surface area contributed by atoms with Crippen molar-refractivity contribution in [3.63, 3.8) is 0 Å². The number of aliphatic hydroxyl groups excluding tert-OH is 2. The van der Waals surface area contributed by atoms with Crippen LogP contribution in [0.4, 0.5) is 0 Å². The van der Waals surface area contributed by atoms with E-state index in [9.17, 15) is 15.0 Å². The summed E-state index contributed by atoms with van der Waals surface area (Å²) in [7, 11) is 0. The highest BCUT2D eigenvalue weighted by molar-refractivity contribution is 5.94. The second-order valence-electron chi connectivity index (χ2n) is 14.6. The molecule has 0 aliphatic rings. The van der Waals surface area contributed by atoms with E-state index in [0.717, 1.165) is 50.5 Å². The first-order valence-corrected chi connectivity index (χ1v) is 21.6. The lowest BCUT2D eigenvalue weighted by Gasteiger charge is -2.21. The van der Waals surface area contributed by atoms with Gasteiger partial charge in [0.15, 0.2) is 0 Å². The van der Waals surface area contributed by atoms with Gasteiger partial charge < -0.3 is 24.4 Å². The van der Waals surface area contributed by atoms with E-state index < -0.39 is 0 Å². The third-order valence-electron chi connectivity index (χ3n) is 9.91. The third-order valence-corrected chi connectivity index (χ3v) is 9.91. The Kier molecular flexibility index (Phi) is 32.6. The van der Waals surface area contributed by atoms with E-state index in [1.807, 2.05) is 17.0 Å². The van der Waals surface area contributed by atoms with Gasteiger partial charge in [-0.05, 0) is 37.3 Å². The zero-order valence-electron chi connectivity index (χ0n) is 33.7. The molecule has 2 N–H and O–H groups in total. The molecule has 0 aliphatic heterocycles. The van der Waals surface area contributed by atoms with Crippen LogP contribution in [-0.2, 0) is 11.2 Å². The minimum Gasteiger partial charge on any atom is -0.493 e. The topological polar surface area (TPSA) is 88.5 Å². The smallest absolute Gasteiger partial charge is 0.342 e. The number of rotatable bonds is 38. The molecule has 0 heterocycles. The van der Waals surface area contributed by atoms with Gasteiger partial charge in [-0.15, -0.1) is 0 Å². The van der Waals surface area contributed by atoms with E-state index in [4.69, 9.17) is 14.2 Å². The highest BCUT2D eigenvalue weighted by atomic mass is 16.5. The maximum absolute atomic E-state index is 13.7. The maximum atomic E-state index is 13.7. The number of aliphatic hydroxyl groups is 2. The summed E-state index contributed by atoms with van der Waals surface area (Å²) >= 11 is 0. The van der Waals surface area contributed by atoms with Crippen LogP contribution in [-0.4, -0.2) is 73.8 Å². The van der Waals surface area contributed by atoms with Gasteiger partial charge in [0.2, 0.25) is 0 Å². The normalized spacial score (nSPS) is 11.4. The second-order valence-corrected chi connectivity index (χ2v) is 14.6. The first kappa shape index (κ1) is 47.2. The Bertz CT molecular complexity index is 919. The predicted octanol–water partition coefficient (Wildman–Crippen LogP) is 11.2. The molecule has 0 radical (unpaired) electrons. The number of hydrogen-bond donors (Lipinski definition) is 2. The molecule has 0 aromatic heterocycles. The Morgan fingerprint density at radius 3 is 1.47 bits per heavy atom. The van der Waals surface area contributed by atoms with Crippen molar-refractivity contribution in [1.29, 1.82) is 0 Å². The van der Waals surface area contributed by atoms with Crippen LogP contribution < -0.4 is 9.47 Å². The number of carbonyl (C=O) groups excluding carboxylic acids is 1. The molecule has 0 amide bonds. The van der Waals surface area contributed by atoms with Gasteiger partial charge >= 0.3 is 5.97 Å². The number of carbonyl (C=O) groups is 1. The molecule has 0 spiro atoms. The number of ether oxygens (including phenoxy) is 3. The molecule has 0 saturated heterocycles. The van der Waals surface area contributed by atoms with E-state index in [2.05, 4.69) is 20.8 Å². The average Bonchev–Trinajstić information content (AvgIpc) is 3.12. The van der Waals surface area contributed by atoms with Crippen molar-refractivity contribution >= 4 is 5.97 Å². The summed E-state index contributed by atoms with van der Waals surface area (Å²) < 4.78 is 18.5. The van der Waals surface area contributed by atoms with Crippen molar-refractivity contribution in [2.24, 2.45) is 0 Å². The molecule has 0 fully saturated rings. The van der Waals surface area contributed by atoms with Gasteiger partial charge in [-0.1, -0.05) is 162 Å². The number of nitrogens with zero attached hydrogens (tertiary/aromatic N) is 1. The summed E-state index contributed by atoms with van der Waals surface area (Å²) in [6, 6.07) is 3.88. The van der Waals surface area contributed by atoms with Gasteiger partial charge in [-0.25, -0.2) is 4.79 Å².